The first-order valence-corrected chi connectivity index (χ1v) is 8.62. The summed E-state index contributed by atoms with van der Waals surface area (Å²) >= 11 is 2.00. The molecular formula is C15H23N3O2S. The van der Waals surface area contributed by atoms with E-state index >= 15 is 0 Å². The van der Waals surface area contributed by atoms with Crippen molar-refractivity contribution in [3.63, 3.8) is 0 Å². The molecule has 21 heavy (non-hydrogen) atoms. The van der Waals surface area contributed by atoms with E-state index in [1.165, 1.54) is 11.5 Å². The highest BCUT2D eigenvalue weighted by molar-refractivity contribution is 7.99. The standard InChI is InChI=1S/C15H23N3O2S/c1-2-3-13-10-12(15(19)20)11-14(17-13)16-4-5-18-6-8-21-9-7-18/h10-11H,2-9H2,1H3,(H,16,17)(H,19,20). The van der Waals surface area contributed by atoms with E-state index in [1.807, 2.05) is 11.8 Å². The summed E-state index contributed by atoms with van der Waals surface area (Å²) < 4.78 is 0. The molecule has 0 spiro atoms. The highest BCUT2D eigenvalue weighted by Crippen LogP contribution is 2.13. The van der Waals surface area contributed by atoms with Crippen LogP contribution < -0.4 is 5.32 Å². The van der Waals surface area contributed by atoms with E-state index in [4.69, 9.17) is 5.11 Å². The molecule has 2 rings (SSSR count). The number of rotatable bonds is 7. The van der Waals surface area contributed by atoms with E-state index in [2.05, 4.69) is 22.1 Å². The molecule has 116 valence electrons. The average Bonchev–Trinajstić information content (AvgIpc) is 2.48. The van der Waals surface area contributed by atoms with Crippen LogP contribution in [0.15, 0.2) is 12.1 Å². The Bertz CT molecular complexity index is 476. The highest BCUT2D eigenvalue weighted by atomic mass is 32.2. The van der Waals surface area contributed by atoms with Crippen LogP contribution in [0.1, 0.15) is 29.4 Å². The third-order valence-electron chi connectivity index (χ3n) is 3.47. The first-order chi connectivity index (χ1) is 10.2. The Morgan fingerprint density at radius 2 is 2.19 bits per heavy atom. The van der Waals surface area contributed by atoms with Crippen LogP contribution in [0, 0.1) is 0 Å². The maximum Gasteiger partial charge on any atom is 0.335 e. The van der Waals surface area contributed by atoms with Crippen molar-refractivity contribution in [2.45, 2.75) is 19.8 Å². The number of pyridine rings is 1. The quantitative estimate of drug-likeness (QED) is 0.805. The van der Waals surface area contributed by atoms with Crippen LogP contribution in [-0.4, -0.2) is 58.6 Å². The van der Waals surface area contributed by atoms with E-state index in [0.29, 0.717) is 11.4 Å². The van der Waals surface area contributed by atoms with Gasteiger partial charge in [0.25, 0.3) is 0 Å². The van der Waals surface area contributed by atoms with Crippen molar-refractivity contribution in [1.82, 2.24) is 9.88 Å². The van der Waals surface area contributed by atoms with Crippen molar-refractivity contribution in [1.29, 1.82) is 0 Å². The molecule has 0 amide bonds. The first-order valence-electron chi connectivity index (χ1n) is 7.47. The Kier molecular flexibility index (Phi) is 6.32. The Hall–Kier alpha value is -1.27. The predicted molar refractivity (Wildman–Crippen MR) is 87.4 cm³/mol. The van der Waals surface area contributed by atoms with Crippen molar-refractivity contribution in [2.75, 3.05) is 43.0 Å². The van der Waals surface area contributed by atoms with Crippen molar-refractivity contribution < 1.29 is 9.90 Å². The number of anilines is 1. The van der Waals surface area contributed by atoms with Gasteiger partial charge in [0.2, 0.25) is 0 Å². The molecule has 1 aliphatic rings. The molecule has 1 aromatic rings. The number of aryl methyl sites for hydroxylation is 1. The lowest BCUT2D eigenvalue weighted by atomic mass is 10.1. The number of carboxylic acids is 1. The van der Waals surface area contributed by atoms with E-state index in [1.54, 1.807) is 12.1 Å². The van der Waals surface area contributed by atoms with Crippen LogP contribution in [0.3, 0.4) is 0 Å². The minimum absolute atomic E-state index is 0.310. The predicted octanol–water partition coefficient (Wildman–Crippen LogP) is 2.19. The molecule has 0 aliphatic carbocycles. The van der Waals surface area contributed by atoms with E-state index in [0.717, 1.165) is 44.7 Å². The SMILES string of the molecule is CCCc1cc(C(=O)O)cc(NCCN2CCSCC2)n1. The van der Waals surface area contributed by atoms with Gasteiger partial charge in [-0.25, -0.2) is 9.78 Å². The molecule has 1 aliphatic heterocycles. The van der Waals surface area contributed by atoms with Gasteiger partial charge < -0.3 is 10.4 Å². The lowest BCUT2D eigenvalue weighted by molar-refractivity contribution is 0.0696. The van der Waals surface area contributed by atoms with Crippen LogP contribution in [0.25, 0.3) is 0 Å². The number of aromatic nitrogens is 1. The van der Waals surface area contributed by atoms with Crippen LogP contribution in [0.4, 0.5) is 5.82 Å². The van der Waals surface area contributed by atoms with Gasteiger partial charge in [0.15, 0.2) is 0 Å². The van der Waals surface area contributed by atoms with Gasteiger partial charge in [0.1, 0.15) is 5.82 Å². The molecule has 1 aromatic heterocycles. The molecule has 1 saturated heterocycles. The number of carbonyl (C=O) groups is 1. The van der Waals surface area contributed by atoms with E-state index in [9.17, 15) is 4.79 Å². The number of thioether (sulfide) groups is 1. The zero-order chi connectivity index (χ0) is 15.1. The molecule has 0 unspecified atom stereocenters. The minimum Gasteiger partial charge on any atom is -0.478 e. The van der Waals surface area contributed by atoms with Gasteiger partial charge >= 0.3 is 5.97 Å². The third kappa shape index (κ3) is 5.21. The van der Waals surface area contributed by atoms with Gasteiger partial charge in [-0.15, -0.1) is 0 Å². The molecule has 6 heteroatoms. The molecule has 0 aromatic carbocycles. The maximum atomic E-state index is 11.2. The Labute approximate surface area is 130 Å². The molecule has 2 N–H and O–H groups in total. The Morgan fingerprint density at radius 1 is 1.43 bits per heavy atom. The smallest absolute Gasteiger partial charge is 0.335 e. The third-order valence-corrected chi connectivity index (χ3v) is 4.41. The van der Waals surface area contributed by atoms with Crippen LogP contribution >= 0.6 is 11.8 Å². The first kappa shape index (κ1) is 16.1. The normalized spacial score (nSPS) is 15.9. The summed E-state index contributed by atoms with van der Waals surface area (Å²) in [6, 6.07) is 3.28. The molecule has 0 bridgehead atoms. The van der Waals surface area contributed by atoms with Crippen molar-refractivity contribution in [3.8, 4) is 0 Å². The second-order valence-electron chi connectivity index (χ2n) is 5.17. The lowest BCUT2D eigenvalue weighted by Gasteiger charge is -2.26. The number of nitrogens with zero attached hydrogens (tertiary/aromatic N) is 2. The molecule has 1 fully saturated rings. The second kappa shape index (κ2) is 8.24. The number of hydrogen-bond donors (Lipinski definition) is 2. The second-order valence-corrected chi connectivity index (χ2v) is 6.39. The molecule has 2 heterocycles. The number of hydrogen-bond acceptors (Lipinski definition) is 5. The number of aromatic carboxylic acids is 1. The van der Waals surface area contributed by atoms with Crippen LogP contribution in [-0.2, 0) is 6.42 Å². The largest absolute Gasteiger partial charge is 0.478 e. The maximum absolute atomic E-state index is 11.2. The molecular weight excluding hydrogens is 286 g/mol. The fourth-order valence-corrected chi connectivity index (χ4v) is 3.33. The Morgan fingerprint density at radius 3 is 2.86 bits per heavy atom. The van der Waals surface area contributed by atoms with Crippen LogP contribution in [0.2, 0.25) is 0 Å². The van der Waals surface area contributed by atoms with Gasteiger partial charge in [0, 0.05) is 43.4 Å². The fraction of sp³-hybridized carbons (Fsp3) is 0.600. The zero-order valence-corrected chi connectivity index (χ0v) is 13.3. The monoisotopic (exact) mass is 309 g/mol. The molecule has 0 radical (unpaired) electrons. The van der Waals surface area contributed by atoms with Crippen molar-refractivity contribution in [3.05, 3.63) is 23.4 Å². The average molecular weight is 309 g/mol. The van der Waals surface area contributed by atoms with E-state index in [-0.39, 0.29) is 0 Å². The zero-order valence-electron chi connectivity index (χ0n) is 12.5. The summed E-state index contributed by atoms with van der Waals surface area (Å²) in [6.07, 6.45) is 1.76. The summed E-state index contributed by atoms with van der Waals surface area (Å²) in [5.74, 6) is 2.18. The fourth-order valence-electron chi connectivity index (χ4n) is 2.35. The van der Waals surface area contributed by atoms with E-state index < -0.39 is 5.97 Å². The highest BCUT2D eigenvalue weighted by Gasteiger charge is 2.11. The number of nitrogens with one attached hydrogen (secondary N) is 1. The van der Waals surface area contributed by atoms with Gasteiger partial charge in [0.05, 0.1) is 5.56 Å². The van der Waals surface area contributed by atoms with Crippen LogP contribution in [0.5, 0.6) is 0 Å². The van der Waals surface area contributed by atoms with Gasteiger partial charge in [-0.3, -0.25) is 4.90 Å². The van der Waals surface area contributed by atoms with Crippen molar-refractivity contribution >= 4 is 23.5 Å². The summed E-state index contributed by atoms with van der Waals surface area (Å²) in [5, 5.41) is 12.4. The van der Waals surface area contributed by atoms with Gasteiger partial charge in [-0.2, -0.15) is 11.8 Å². The summed E-state index contributed by atoms with van der Waals surface area (Å²) in [5.41, 5.74) is 1.15. The molecule has 5 nitrogen and oxygen atoms in total. The topological polar surface area (TPSA) is 65.5 Å². The van der Waals surface area contributed by atoms with Crippen molar-refractivity contribution in [2.24, 2.45) is 0 Å². The molecule has 0 atom stereocenters. The summed E-state index contributed by atoms with van der Waals surface area (Å²) in [4.78, 5) is 18.1. The van der Waals surface area contributed by atoms with Gasteiger partial charge in [-0.1, -0.05) is 13.3 Å². The lowest BCUT2D eigenvalue weighted by Crippen LogP contribution is -2.36. The summed E-state index contributed by atoms with van der Waals surface area (Å²) in [6.45, 7) is 6.11. The number of carboxylic acid groups (broad SMARTS) is 1. The summed E-state index contributed by atoms with van der Waals surface area (Å²) in [7, 11) is 0. The Balaban J connectivity index is 1.92. The van der Waals surface area contributed by atoms with Gasteiger partial charge in [-0.05, 0) is 18.6 Å². The minimum atomic E-state index is -0.897. The molecule has 0 saturated carbocycles.